The molecule has 0 saturated heterocycles. The average molecular weight is 443 g/mol. The molecule has 4 aromatic rings. The lowest BCUT2D eigenvalue weighted by Gasteiger charge is -2.12. The molecule has 0 spiro atoms. The van der Waals surface area contributed by atoms with E-state index in [1.165, 1.54) is 0 Å². The third kappa shape index (κ3) is 5.06. The molecular formula is C27H26N2O4. The predicted molar refractivity (Wildman–Crippen MR) is 129 cm³/mol. The maximum atomic E-state index is 12.6. The number of aromatic nitrogens is 1. The molecule has 168 valence electrons. The highest BCUT2D eigenvalue weighted by Crippen LogP contribution is 2.37. The first-order valence-electron chi connectivity index (χ1n) is 10.8. The molecule has 0 aliphatic rings. The largest absolute Gasteiger partial charge is 0.497 e. The second kappa shape index (κ2) is 10.0. The molecule has 2 heterocycles. The van der Waals surface area contributed by atoms with Gasteiger partial charge in [-0.3, -0.25) is 9.78 Å². The summed E-state index contributed by atoms with van der Waals surface area (Å²) in [7, 11) is 1.64. The van der Waals surface area contributed by atoms with Gasteiger partial charge in [0.05, 0.1) is 20.0 Å². The number of allylic oxidation sites excluding steroid dienone is 1. The van der Waals surface area contributed by atoms with Gasteiger partial charge in [0, 0.05) is 47.6 Å². The molecule has 0 fully saturated rings. The van der Waals surface area contributed by atoms with Gasteiger partial charge in [0.1, 0.15) is 17.1 Å². The van der Waals surface area contributed by atoms with Crippen molar-refractivity contribution in [3.8, 4) is 22.6 Å². The zero-order valence-corrected chi connectivity index (χ0v) is 18.9. The smallest absolute Gasteiger partial charge is 0.244 e. The molecular weight excluding hydrogens is 416 g/mol. The highest BCUT2D eigenvalue weighted by Gasteiger charge is 2.15. The third-order valence-electron chi connectivity index (χ3n) is 5.37. The number of carbonyl (C=O) groups excluding carboxylic acids is 1. The normalized spacial score (nSPS) is 11.4. The van der Waals surface area contributed by atoms with Gasteiger partial charge < -0.3 is 19.2 Å². The molecule has 0 aliphatic carbocycles. The number of ether oxygens (including phenoxy) is 2. The van der Waals surface area contributed by atoms with E-state index in [2.05, 4.69) is 10.3 Å². The number of hydrogen-bond donors (Lipinski definition) is 1. The predicted octanol–water partition coefficient (Wildman–Crippen LogP) is 5.62. The minimum absolute atomic E-state index is 0.172. The highest BCUT2D eigenvalue weighted by molar-refractivity contribution is 6.00. The van der Waals surface area contributed by atoms with E-state index in [9.17, 15) is 4.79 Å². The number of pyridine rings is 1. The Morgan fingerprint density at radius 2 is 1.88 bits per heavy atom. The van der Waals surface area contributed by atoms with E-state index in [0.717, 1.165) is 44.5 Å². The van der Waals surface area contributed by atoms with Gasteiger partial charge in [0.25, 0.3) is 0 Å². The van der Waals surface area contributed by atoms with Gasteiger partial charge in [-0.15, -0.1) is 0 Å². The van der Waals surface area contributed by atoms with Crippen molar-refractivity contribution < 1.29 is 18.7 Å². The Kier molecular flexibility index (Phi) is 6.74. The molecule has 0 unspecified atom stereocenters. The summed E-state index contributed by atoms with van der Waals surface area (Å²) in [5.74, 6) is 1.30. The summed E-state index contributed by atoms with van der Waals surface area (Å²) in [6.45, 7) is 4.78. The van der Waals surface area contributed by atoms with Gasteiger partial charge in [-0.05, 0) is 60.9 Å². The molecule has 33 heavy (non-hydrogen) atoms. The van der Waals surface area contributed by atoms with E-state index >= 15 is 0 Å². The van der Waals surface area contributed by atoms with Crippen LogP contribution in [0.25, 0.3) is 27.7 Å². The molecule has 0 aliphatic heterocycles. The van der Waals surface area contributed by atoms with Gasteiger partial charge in [0.15, 0.2) is 0 Å². The minimum atomic E-state index is -0.172. The van der Waals surface area contributed by atoms with Crippen LogP contribution in [-0.4, -0.2) is 24.6 Å². The van der Waals surface area contributed by atoms with Crippen LogP contribution in [0.2, 0.25) is 0 Å². The van der Waals surface area contributed by atoms with Gasteiger partial charge in [-0.1, -0.05) is 12.1 Å². The molecule has 1 N–H and O–H groups in total. The van der Waals surface area contributed by atoms with Crippen LogP contribution < -0.4 is 14.8 Å². The van der Waals surface area contributed by atoms with Crippen molar-refractivity contribution in [2.75, 3.05) is 13.7 Å². The van der Waals surface area contributed by atoms with Gasteiger partial charge in [-0.25, -0.2) is 0 Å². The molecule has 0 atom stereocenters. The van der Waals surface area contributed by atoms with Crippen molar-refractivity contribution >= 4 is 22.4 Å². The lowest BCUT2D eigenvalue weighted by Crippen LogP contribution is -2.20. The fraction of sp³-hybridized carbons (Fsp3) is 0.185. The number of methoxy groups -OCH3 is 1. The summed E-state index contributed by atoms with van der Waals surface area (Å²) < 4.78 is 17.0. The zero-order valence-electron chi connectivity index (χ0n) is 18.9. The first-order valence-corrected chi connectivity index (χ1v) is 10.8. The molecule has 2 aromatic heterocycles. The standard InChI is InChI=1S/C27H26N2O4/c1-4-32-25-15-26-23(24(17-33-26)20-5-7-21(31-3)8-6-20)14-22(25)18(2)13-27(30)29-16-19-9-11-28-12-10-19/h5-15,17H,4,16H2,1-3H3,(H,29,30)/b18-13+. The van der Waals surface area contributed by atoms with E-state index in [-0.39, 0.29) is 5.91 Å². The number of furan rings is 1. The molecule has 0 bridgehead atoms. The van der Waals surface area contributed by atoms with Crippen LogP contribution in [0.5, 0.6) is 11.5 Å². The van der Waals surface area contributed by atoms with E-state index in [1.54, 1.807) is 31.8 Å². The first kappa shape index (κ1) is 22.1. The number of rotatable bonds is 8. The summed E-state index contributed by atoms with van der Waals surface area (Å²) in [4.78, 5) is 16.6. The second-order valence-corrected chi connectivity index (χ2v) is 7.56. The van der Waals surface area contributed by atoms with Crippen molar-refractivity contribution in [1.29, 1.82) is 0 Å². The number of carbonyl (C=O) groups is 1. The Balaban J connectivity index is 1.66. The second-order valence-electron chi connectivity index (χ2n) is 7.56. The maximum Gasteiger partial charge on any atom is 0.244 e. The topological polar surface area (TPSA) is 73.6 Å². The lowest BCUT2D eigenvalue weighted by molar-refractivity contribution is -0.116. The SMILES string of the molecule is CCOc1cc2occ(-c3ccc(OC)cc3)c2cc1/C(C)=C/C(=O)NCc1ccncc1. The van der Waals surface area contributed by atoms with Crippen LogP contribution in [0.3, 0.4) is 0 Å². The van der Waals surface area contributed by atoms with Crippen LogP contribution >= 0.6 is 0 Å². The van der Waals surface area contributed by atoms with Gasteiger partial charge in [0.2, 0.25) is 5.91 Å². The van der Waals surface area contributed by atoms with Crippen molar-refractivity contribution in [3.63, 3.8) is 0 Å². The van der Waals surface area contributed by atoms with E-state index in [0.29, 0.717) is 18.9 Å². The molecule has 6 heteroatoms. The summed E-state index contributed by atoms with van der Waals surface area (Å²) in [6.07, 6.45) is 6.75. The Labute approximate surface area is 192 Å². The van der Waals surface area contributed by atoms with Gasteiger partial charge >= 0.3 is 0 Å². The molecule has 4 rings (SSSR count). The number of hydrogen-bond acceptors (Lipinski definition) is 5. The maximum absolute atomic E-state index is 12.6. The van der Waals surface area contributed by atoms with Gasteiger partial charge in [-0.2, -0.15) is 0 Å². The number of benzene rings is 2. The van der Waals surface area contributed by atoms with Crippen molar-refractivity contribution in [3.05, 3.63) is 84.4 Å². The summed E-state index contributed by atoms with van der Waals surface area (Å²) in [6, 6.07) is 15.5. The summed E-state index contributed by atoms with van der Waals surface area (Å²) >= 11 is 0. The van der Waals surface area contributed by atoms with Crippen molar-refractivity contribution in [1.82, 2.24) is 10.3 Å². The molecule has 6 nitrogen and oxygen atoms in total. The van der Waals surface area contributed by atoms with E-state index < -0.39 is 0 Å². The monoisotopic (exact) mass is 442 g/mol. The number of nitrogens with one attached hydrogen (secondary N) is 1. The highest BCUT2D eigenvalue weighted by atomic mass is 16.5. The fourth-order valence-corrected chi connectivity index (χ4v) is 3.65. The third-order valence-corrected chi connectivity index (χ3v) is 5.37. The quantitative estimate of drug-likeness (QED) is 0.359. The van der Waals surface area contributed by atoms with Crippen LogP contribution in [-0.2, 0) is 11.3 Å². The van der Waals surface area contributed by atoms with Crippen LogP contribution in [0.15, 0.2) is 77.7 Å². The fourth-order valence-electron chi connectivity index (χ4n) is 3.65. The van der Waals surface area contributed by atoms with E-state index in [1.807, 2.05) is 62.4 Å². The van der Waals surface area contributed by atoms with E-state index in [4.69, 9.17) is 13.9 Å². The molecule has 1 amide bonds. The first-order chi connectivity index (χ1) is 16.1. The lowest BCUT2D eigenvalue weighted by atomic mass is 9.99. The Morgan fingerprint density at radius 1 is 1.12 bits per heavy atom. The molecule has 0 radical (unpaired) electrons. The number of fused-ring (bicyclic) bond motifs is 1. The summed E-state index contributed by atoms with van der Waals surface area (Å²) in [5.41, 5.74) is 5.34. The zero-order chi connectivity index (χ0) is 23.2. The average Bonchev–Trinajstić information content (AvgIpc) is 3.26. The van der Waals surface area contributed by atoms with Crippen LogP contribution in [0.1, 0.15) is 25.0 Å². The Bertz CT molecular complexity index is 1270. The van der Waals surface area contributed by atoms with Crippen LogP contribution in [0, 0.1) is 0 Å². The van der Waals surface area contributed by atoms with Crippen LogP contribution in [0.4, 0.5) is 0 Å². The number of amides is 1. The molecule has 2 aromatic carbocycles. The van der Waals surface area contributed by atoms with Crippen molar-refractivity contribution in [2.45, 2.75) is 20.4 Å². The summed E-state index contributed by atoms with van der Waals surface area (Å²) in [5, 5.41) is 3.86. The minimum Gasteiger partial charge on any atom is -0.497 e. The Hall–Kier alpha value is -4.06. The van der Waals surface area contributed by atoms with Crippen molar-refractivity contribution in [2.24, 2.45) is 0 Å². The number of nitrogens with zero attached hydrogens (tertiary/aromatic N) is 1. The Morgan fingerprint density at radius 3 is 2.58 bits per heavy atom. The molecule has 0 saturated carbocycles.